The lowest BCUT2D eigenvalue weighted by molar-refractivity contribution is -0.385. The smallest absolute Gasteiger partial charge is 0.283 e. The molecule has 4 nitrogen and oxygen atoms in total. The van der Waals surface area contributed by atoms with Crippen molar-refractivity contribution in [2.45, 2.75) is 6.04 Å². The Bertz CT molecular complexity index is 364. The average Bonchev–Trinajstić information content (AvgIpc) is 2.17. The summed E-state index contributed by atoms with van der Waals surface area (Å²) in [5, 5.41) is 10.5. The van der Waals surface area contributed by atoms with E-state index in [1.54, 1.807) is 6.07 Å². The number of benzene rings is 1. The number of rotatable bonds is 3. The van der Waals surface area contributed by atoms with Crippen LogP contribution in [0.3, 0.4) is 0 Å². The third-order valence-corrected chi connectivity index (χ3v) is 2.43. The fourth-order valence-corrected chi connectivity index (χ4v) is 1.38. The summed E-state index contributed by atoms with van der Waals surface area (Å²) in [6.45, 7) is -0.737. The lowest BCUT2D eigenvalue weighted by Crippen LogP contribution is -2.12. The molecule has 0 spiro atoms. The molecule has 0 bridgehead atoms. The lowest BCUT2D eigenvalue weighted by atomic mass is 10.1. The van der Waals surface area contributed by atoms with E-state index in [0.717, 1.165) is 0 Å². The normalized spacial score (nSPS) is 11.7. The summed E-state index contributed by atoms with van der Waals surface area (Å²) in [6.07, 6.45) is 0. The molecule has 1 rings (SSSR count). The first-order chi connectivity index (χ1) is 6.56. The van der Waals surface area contributed by atoms with Crippen molar-refractivity contribution in [3.63, 3.8) is 0 Å². The van der Waals surface area contributed by atoms with Crippen molar-refractivity contribution in [1.82, 2.24) is 0 Å². The predicted octanol–water partition coefficient (Wildman–Crippen LogP) is 2.75. The summed E-state index contributed by atoms with van der Waals surface area (Å²) < 4.78 is 12.6. The highest BCUT2D eigenvalue weighted by Gasteiger charge is 2.15. The van der Waals surface area contributed by atoms with Crippen LogP contribution >= 0.6 is 28.3 Å². The van der Waals surface area contributed by atoms with E-state index < -0.39 is 17.6 Å². The van der Waals surface area contributed by atoms with Crippen LogP contribution in [-0.2, 0) is 0 Å². The van der Waals surface area contributed by atoms with E-state index in [1.165, 1.54) is 12.1 Å². The highest BCUT2D eigenvalue weighted by molar-refractivity contribution is 9.10. The van der Waals surface area contributed by atoms with Crippen molar-refractivity contribution in [2.24, 2.45) is 5.73 Å². The van der Waals surface area contributed by atoms with Crippen molar-refractivity contribution in [2.75, 3.05) is 6.67 Å². The molecule has 84 valence electrons. The second kappa shape index (κ2) is 5.99. The van der Waals surface area contributed by atoms with Gasteiger partial charge in [-0.3, -0.25) is 10.1 Å². The maximum atomic E-state index is 12.2. The van der Waals surface area contributed by atoms with E-state index in [2.05, 4.69) is 15.9 Å². The number of nitro groups is 1. The Kier molecular flexibility index (Phi) is 5.71. The quantitative estimate of drug-likeness (QED) is 0.689. The molecule has 1 aromatic carbocycles. The third-order valence-electron chi connectivity index (χ3n) is 1.76. The zero-order valence-corrected chi connectivity index (χ0v) is 9.92. The van der Waals surface area contributed by atoms with E-state index in [9.17, 15) is 14.5 Å². The van der Waals surface area contributed by atoms with Gasteiger partial charge in [0.1, 0.15) is 6.67 Å². The van der Waals surface area contributed by atoms with Gasteiger partial charge < -0.3 is 5.73 Å². The van der Waals surface area contributed by atoms with E-state index in [0.29, 0.717) is 10.0 Å². The van der Waals surface area contributed by atoms with Gasteiger partial charge >= 0.3 is 0 Å². The molecule has 2 N–H and O–H groups in total. The van der Waals surface area contributed by atoms with Gasteiger partial charge in [0, 0.05) is 6.07 Å². The fraction of sp³-hybridized carbons (Fsp3) is 0.250. The van der Waals surface area contributed by atoms with Crippen LogP contribution in [0.4, 0.5) is 10.1 Å². The van der Waals surface area contributed by atoms with Gasteiger partial charge in [0.05, 0.1) is 15.4 Å². The van der Waals surface area contributed by atoms with Gasteiger partial charge in [0.15, 0.2) is 0 Å². The molecule has 0 heterocycles. The van der Waals surface area contributed by atoms with Crippen LogP contribution in [0.15, 0.2) is 22.7 Å². The number of halogens is 3. The summed E-state index contributed by atoms with van der Waals surface area (Å²) in [5.74, 6) is 0. The third kappa shape index (κ3) is 3.40. The van der Waals surface area contributed by atoms with Crippen LogP contribution < -0.4 is 5.73 Å². The number of hydrogen-bond donors (Lipinski definition) is 1. The number of nitrogens with zero attached hydrogens (tertiary/aromatic N) is 1. The number of nitrogens with two attached hydrogens (primary N) is 1. The second-order valence-corrected chi connectivity index (χ2v) is 3.58. The summed E-state index contributed by atoms with van der Waals surface area (Å²) >= 11 is 3.03. The Hall–Kier alpha value is -0.720. The van der Waals surface area contributed by atoms with Gasteiger partial charge in [-0.2, -0.15) is 0 Å². The van der Waals surface area contributed by atoms with Crippen LogP contribution in [-0.4, -0.2) is 11.6 Å². The minimum atomic E-state index is -0.804. The molecule has 0 radical (unpaired) electrons. The first-order valence-corrected chi connectivity index (χ1v) is 4.61. The Morgan fingerprint density at radius 3 is 2.67 bits per heavy atom. The summed E-state index contributed by atoms with van der Waals surface area (Å²) in [5.41, 5.74) is 5.71. The largest absolute Gasteiger partial charge is 0.322 e. The molecule has 1 atom stereocenters. The SMILES string of the molecule is Cl.N[C@H](CF)c1ccc(Br)c([N+](=O)[O-])c1. The minimum Gasteiger partial charge on any atom is -0.322 e. The van der Waals surface area contributed by atoms with E-state index >= 15 is 0 Å². The molecule has 15 heavy (non-hydrogen) atoms. The van der Waals surface area contributed by atoms with Gasteiger partial charge in [0.2, 0.25) is 0 Å². The van der Waals surface area contributed by atoms with Crippen molar-refractivity contribution in [3.8, 4) is 0 Å². The minimum absolute atomic E-state index is 0. The first kappa shape index (κ1) is 14.3. The van der Waals surface area contributed by atoms with Crippen LogP contribution in [0.1, 0.15) is 11.6 Å². The van der Waals surface area contributed by atoms with E-state index in [4.69, 9.17) is 5.73 Å². The van der Waals surface area contributed by atoms with Gasteiger partial charge in [-0.1, -0.05) is 6.07 Å². The van der Waals surface area contributed by atoms with Gasteiger partial charge in [0.25, 0.3) is 5.69 Å². The average molecular weight is 300 g/mol. The Morgan fingerprint density at radius 1 is 1.60 bits per heavy atom. The molecular weight excluding hydrogens is 290 g/mol. The Balaban J connectivity index is 0.00000196. The molecule has 0 aliphatic rings. The number of alkyl halides is 1. The molecule has 0 fully saturated rings. The van der Waals surface area contributed by atoms with Crippen LogP contribution in [0, 0.1) is 10.1 Å². The lowest BCUT2D eigenvalue weighted by Gasteiger charge is -2.07. The molecule has 0 saturated carbocycles. The van der Waals surface area contributed by atoms with Gasteiger partial charge in [-0.05, 0) is 27.6 Å². The zero-order valence-electron chi connectivity index (χ0n) is 7.52. The molecule has 0 aliphatic carbocycles. The monoisotopic (exact) mass is 298 g/mol. The maximum absolute atomic E-state index is 12.2. The van der Waals surface area contributed by atoms with Crippen molar-refractivity contribution in [3.05, 3.63) is 38.3 Å². The van der Waals surface area contributed by atoms with E-state index in [1.807, 2.05) is 0 Å². The van der Waals surface area contributed by atoms with Crippen LogP contribution in [0.2, 0.25) is 0 Å². The standard InChI is InChI=1S/C8H8BrFN2O2.ClH/c9-6-2-1-5(7(11)4-10)3-8(6)12(13)14;/h1-3,7H,4,11H2;1H/t7-;/m1./s1. The van der Waals surface area contributed by atoms with E-state index in [-0.39, 0.29) is 18.1 Å². The fourth-order valence-electron chi connectivity index (χ4n) is 0.989. The summed E-state index contributed by atoms with van der Waals surface area (Å²) in [7, 11) is 0. The van der Waals surface area contributed by atoms with Crippen LogP contribution in [0.5, 0.6) is 0 Å². The molecule has 1 aromatic rings. The Morgan fingerprint density at radius 2 is 2.20 bits per heavy atom. The predicted molar refractivity (Wildman–Crippen MR) is 60.9 cm³/mol. The molecule has 0 saturated heterocycles. The highest BCUT2D eigenvalue weighted by Crippen LogP contribution is 2.27. The number of hydrogen-bond acceptors (Lipinski definition) is 3. The molecule has 0 amide bonds. The van der Waals surface area contributed by atoms with Gasteiger partial charge in [-0.15, -0.1) is 12.4 Å². The summed E-state index contributed by atoms with van der Waals surface area (Å²) in [6, 6.07) is 3.51. The molecule has 0 unspecified atom stereocenters. The van der Waals surface area contributed by atoms with Crippen molar-refractivity contribution in [1.29, 1.82) is 0 Å². The van der Waals surface area contributed by atoms with Crippen LogP contribution in [0.25, 0.3) is 0 Å². The second-order valence-electron chi connectivity index (χ2n) is 2.73. The van der Waals surface area contributed by atoms with Crippen molar-refractivity contribution >= 4 is 34.0 Å². The highest BCUT2D eigenvalue weighted by atomic mass is 79.9. The maximum Gasteiger partial charge on any atom is 0.283 e. The topological polar surface area (TPSA) is 69.2 Å². The number of nitro benzene ring substituents is 1. The first-order valence-electron chi connectivity index (χ1n) is 3.81. The zero-order chi connectivity index (χ0) is 10.7. The van der Waals surface area contributed by atoms with Crippen molar-refractivity contribution < 1.29 is 9.31 Å². The van der Waals surface area contributed by atoms with Gasteiger partial charge in [-0.25, -0.2) is 4.39 Å². The summed E-state index contributed by atoms with van der Waals surface area (Å²) in [4.78, 5) is 9.98. The molecule has 0 aliphatic heterocycles. The molecule has 7 heteroatoms. The molecular formula is C8H9BrClFN2O2. The Labute approximate surface area is 100 Å². The molecule has 0 aromatic heterocycles.